The van der Waals surface area contributed by atoms with Crippen molar-refractivity contribution in [2.75, 3.05) is 26.2 Å². The Morgan fingerprint density at radius 3 is 3.08 bits per heavy atom. The third-order valence-corrected chi connectivity index (χ3v) is 2.65. The van der Waals surface area contributed by atoms with Crippen LogP contribution in [0.3, 0.4) is 0 Å². The van der Waals surface area contributed by atoms with Gasteiger partial charge < -0.3 is 4.79 Å². The number of hydrazine groups is 1. The molecule has 2 bridgehead atoms. The quantitative estimate of drug-likeness (QED) is 0.540. The van der Waals surface area contributed by atoms with Crippen LogP contribution in [0.25, 0.3) is 0 Å². The van der Waals surface area contributed by atoms with E-state index in [1.54, 1.807) is 0 Å². The lowest BCUT2D eigenvalue weighted by Gasteiger charge is -2.33. The zero-order valence-corrected chi connectivity index (χ0v) is 7.15. The highest BCUT2D eigenvalue weighted by molar-refractivity contribution is 5.51. The van der Waals surface area contributed by atoms with Gasteiger partial charge in [-0.15, -0.1) is 5.43 Å². The molecule has 0 aromatic heterocycles. The van der Waals surface area contributed by atoms with Crippen molar-refractivity contribution in [2.45, 2.75) is 12.8 Å². The minimum Gasteiger partial charge on any atom is -0.302 e. The van der Waals surface area contributed by atoms with E-state index in [0.717, 1.165) is 31.8 Å². The summed E-state index contributed by atoms with van der Waals surface area (Å²) in [5, 5.41) is 4.22. The topological polar surface area (TPSA) is 37.7 Å². The zero-order valence-electron chi connectivity index (χ0n) is 7.15. The zero-order chi connectivity index (χ0) is 8.39. The summed E-state index contributed by atoms with van der Waals surface area (Å²) in [6, 6.07) is 0. The molecule has 2 aliphatic rings. The number of carbonyl (C=O) groups is 1. The highest BCUT2D eigenvalue weighted by Crippen LogP contribution is 2.25. The maximum absolute atomic E-state index is 10.1. The molecule has 2 fully saturated rings. The minimum absolute atomic E-state index is 0.307. The second-order valence-corrected chi connectivity index (χ2v) is 3.44. The molecule has 2 saturated heterocycles. The third-order valence-electron chi connectivity index (χ3n) is 2.65. The molecule has 2 atom stereocenters. The maximum Gasteiger partial charge on any atom is 0.137 e. The lowest BCUT2D eigenvalue weighted by molar-refractivity contribution is -0.113. The van der Waals surface area contributed by atoms with E-state index in [-0.39, 0.29) is 0 Å². The number of hydrogen-bond donors (Lipinski definition) is 0. The van der Waals surface area contributed by atoms with E-state index in [9.17, 15) is 4.79 Å². The Bertz CT molecular complexity index is 174. The van der Waals surface area contributed by atoms with Crippen molar-refractivity contribution in [3.63, 3.8) is 0 Å². The Morgan fingerprint density at radius 2 is 2.25 bits per heavy atom. The van der Waals surface area contributed by atoms with Crippen LogP contribution >= 0.6 is 0 Å². The Hall–Kier alpha value is -0.450. The van der Waals surface area contributed by atoms with Crippen LogP contribution in [-0.4, -0.2) is 42.6 Å². The molecule has 0 N–H and O–H groups in total. The number of nitrogens with zero attached hydrogens (tertiary/aromatic N) is 3. The molecule has 0 spiro atoms. The minimum atomic E-state index is 0.307. The lowest BCUT2D eigenvalue weighted by Crippen LogP contribution is -2.49. The molecule has 1 radical (unpaired) electrons. The van der Waals surface area contributed by atoms with Crippen LogP contribution in [0.15, 0.2) is 0 Å². The van der Waals surface area contributed by atoms with Crippen molar-refractivity contribution < 1.29 is 4.79 Å². The number of aldehydes is 1. The summed E-state index contributed by atoms with van der Waals surface area (Å²) in [7, 11) is 0. The van der Waals surface area contributed by atoms with E-state index in [4.69, 9.17) is 0 Å². The lowest BCUT2D eigenvalue weighted by atomic mass is 10.1. The van der Waals surface area contributed by atoms with Crippen LogP contribution in [-0.2, 0) is 4.79 Å². The van der Waals surface area contributed by atoms with Crippen LogP contribution in [0.5, 0.6) is 0 Å². The van der Waals surface area contributed by atoms with E-state index >= 15 is 0 Å². The number of fused-ring (bicyclic) bond motifs is 2. The molecule has 2 rings (SSSR count). The second-order valence-electron chi connectivity index (χ2n) is 3.44. The SMILES string of the molecule is O=CC[N]N1CCC2CCN1C2. The standard InChI is InChI=1S/C8H14N3O/c12-6-3-9-11-5-2-8-1-4-10(11)7-8/h6,8H,1-5,7H2. The number of rotatable bonds is 3. The van der Waals surface area contributed by atoms with Gasteiger partial charge >= 0.3 is 0 Å². The summed E-state index contributed by atoms with van der Waals surface area (Å²) in [5.74, 6) is 0.882. The second kappa shape index (κ2) is 3.51. The van der Waals surface area contributed by atoms with E-state index < -0.39 is 0 Å². The van der Waals surface area contributed by atoms with Crippen molar-refractivity contribution in [2.24, 2.45) is 5.92 Å². The first-order valence-electron chi connectivity index (χ1n) is 4.53. The van der Waals surface area contributed by atoms with Gasteiger partial charge in [-0.2, -0.15) is 5.12 Å². The third kappa shape index (κ3) is 1.50. The monoisotopic (exact) mass is 168 g/mol. The Labute approximate surface area is 72.5 Å². The molecule has 4 heteroatoms. The first-order chi connectivity index (χ1) is 5.90. The van der Waals surface area contributed by atoms with Gasteiger partial charge in [-0.3, -0.25) is 0 Å². The largest absolute Gasteiger partial charge is 0.302 e. The molecule has 0 aromatic rings. The summed E-state index contributed by atoms with van der Waals surface area (Å²) in [6.07, 6.45) is 3.38. The van der Waals surface area contributed by atoms with Crippen LogP contribution in [0.2, 0.25) is 0 Å². The fourth-order valence-corrected chi connectivity index (χ4v) is 1.98. The highest BCUT2D eigenvalue weighted by Gasteiger charge is 2.32. The van der Waals surface area contributed by atoms with Gasteiger partial charge in [-0.05, 0) is 18.8 Å². The number of hydrogen-bond acceptors (Lipinski definition) is 3. The fourth-order valence-electron chi connectivity index (χ4n) is 1.98. The summed E-state index contributed by atoms with van der Waals surface area (Å²) in [6.45, 7) is 3.56. The first-order valence-corrected chi connectivity index (χ1v) is 4.53. The molecule has 0 amide bonds. The Kier molecular flexibility index (Phi) is 2.39. The summed E-state index contributed by atoms with van der Waals surface area (Å²) in [5.41, 5.74) is 4.17. The molecule has 2 unspecified atom stereocenters. The van der Waals surface area contributed by atoms with Gasteiger partial charge in [0, 0.05) is 19.6 Å². The number of carbonyl (C=O) groups excluding carboxylic acids is 1. The van der Waals surface area contributed by atoms with E-state index in [0.29, 0.717) is 6.54 Å². The van der Waals surface area contributed by atoms with Crippen LogP contribution < -0.4 is 5.43 Å². The van der Waals surface area contributed by atoms with Gasteiger partial charge in [-0.1, -0.05) is 0 Å². The van der Waals surface area contributed by atoms with Gasteiger partial charge in [0.05, 0.1) is 6.54 Å². The van der Waals surface area contributed by atoms with E-state index in [2.05, 4.69) is 10.4 Å². The fraction of sp³-hybridized carbons (Fsp3) is 0.875. The predicted octanol–water partition coefficient (Wildman–Crippen LogP) is -0.353. The highest BCUT2D eigenvalue weighted by atomic mass is 16.1. The van der Waals surface area contributed by atoms with Crippen molar-refractivity contribution in [3.8, 4) is 0 Å². The Balaban J connectivity index is 1.85. The molecule has 2 heterocycles. The molecular weight excluding hydrogens is 154 g/mol. The van der Waals surface area contributed by atoms with Crippen molar-refractivity contribution in [3.05, 3.63) is 0 Å². The van der Waals surface area contributed by atoms with Gasteiger partial charge in [0.2, 0.25) is 0 Å². The van der Waals surface area contributed by atoms with Gasteiger partial charge in [0.1, 0.15) is 6.29 Å². The average molecular weight is 168 g/mol. The molecule has 0 saturated carbocycles. The van der Waals surface area contributed by atoms with Gasteiger partial charge in [0.15, 0.2) is 0 Å². The molecule has 0 aromatic carbocycles. The maximum atomic E-state index is 10.1. The smallest absolute Gasteiger partial charge is 0.137 e. The molecular formula is C8H14N3O. The van der Waals surface area contributed by atoms with E-state index in [1.807, 2.05) is 5.12 Å². The predicted molar refractivity (Wildman–Crippen MR) is 44.1 cm³/mol. The van der Waals surface area contributed by atoms with Crippen LogP contribution in [0.4, 0.5) is 0 Å². The molecule has 67 valence electrons. The first kappa shape index (κ1) is 8.16. The van der Waals surface area contributed by atoms with Crippen LogP contribution in [0.1, 0.15) is 12.8 Å². The molecule has 0 aliphatic carbocycles. The average Bonchev–Trinajstić information content (AvgIpc) is 2.48. The Morgan fingerprint density at radius 1 is 1.42 bits per heavy atom. The van der Waals surface area contributed by atoms with Gasteiger partial charge in [-0.25, -0.2) is 5.01 Å². The van der Waals surface area contributed by atoms with Crippen molar-refractivity contribution in [1.29, 1.82) is 0 Å². The summed E-state index contributed by atoms with van der Waals surface area (Å²) >= 11 is 0. The summed E-state index contributed by atoms with van der Waals surface area (Å²) < 4.78 is 0. The molecule has 2 aliphatic heterocycles. The van der Waals surface area contributed by atoms with Crippen LogP contribution in [0, 0.1) is 5.92 Å². The molecule has 4 nitrogen and oxygen atoms in total. The van der Waals surface area contributed by atoms with Gasteiger partial charge in [0.25, 0.3) is 0 Å². The normalized spacial score (nSPS) is 35.3. The van der Waals surface area contributed by atoms with E-state index in [1.165, 1.54) is 12.8 Å². The summed E-state index contributed by atoms with van der Waals surface area (Å²) in [4.78, 5) is 10.1. The molecule has 12 heavy (non-hydrogen) atoms. The van der Waals surface area contributed by atoms with Crippen molar-refractivity contribution in [1.82, 2.24) is 15.6 Å². The van der Waals surface area contributed by atoms with Crippen molar-refractivity contribution >= 4 is 6.29 Å².